The molecule has 2 unspecified atom stereocenters. The second-order valence-corrected chi connectivity index (χ2v) is 5.76. The lowest BCUT2D eigenvalue weighted by atomic mass is 9.85. The highest BCUT2D eigenvalue weighted by molar-refractivity contribution is 4.88. The molecule has 2 heteroatoms. The molecule has 88 valence electrons. The normalized spacial score (nSPS) is 38.4. The fourth-order valence-electron chi connectivity index (χ4n) is 3.16. The van der Waals surface area contributed by atoms with E-state index in [1.807, 2.05) is 0 Å². The molecule has 0 aromatic heterocycles. The molecule has 0 amide bonds. The van der Waals surface area contributed by atoms with Gasteiger partial charge in [0.1, 0.15) is 0 Å². The van der Waals surface area contributed by atoms with Crippen LogP contribution in [-0.4, -0.2) is 36.6 Å². The highest BCUT2D eigenvalue weighted by Gasteiger charge is 2.29. The fraction of sp³-hybridized carbons (Fsp3) is 1.00. The Bertz CT molecular complexity index is 197. The van der Waals surface area contributed by atoms with Gasteiger partial charge in [0.15, 0.2) is 0 Å². The lowest BCUT2D eigenvalue weighted by Gasteiger charge is -2.36. The van der Waals surface area contributed by atoms with Gasteiger partial charge < -0.3 is 10.2 Å². The largest absolute Gasteiger partial charge is 0.312 e. The van der Waals surface area contributed by atoms with E-state index in [9.17, 15) is 0 Å². The van der Waals surface area contributed by atoms with Gasteiger partial charge in [-0.2, -0.15) is 0 Å². The van der Waals surface area contributed by atoms with Crippen LogP contribution in [0.3, 0.4) is 0 Å². The highest BCUT2D eigenvalue weighted by atomic mass is 15.1. The number of hydrogen-bond donors (Lipinski definition) is 1. The van der Waals surface area contributed by atoms with Crippen molar-refractivity contribution in [1.82, 2.24) is 10.2 Å². The summed E-state index contributed by atoms with van der Waals surface area (Å²) >= 11 is 0. The average Bonchev–Trinajstić information content (AvgIpc) is 2.62. The van der Waals surface area contributed by atoms with Crippen LogP contribution >= 0.6 is 0 Å². The summed E-state index contributed by atoms with van der Waals surface area (Å²) in [5, 5.41) is 3.72. The third-order valence-corrected chi connectivity index (χ3v) is 4.41. The Kier molecular flexibility index (Phi) is 3.68. The Balaban J connectivity index is 1.76. The Morgan fingerprint density at radius 1 is 1.33 bits per heavy atom. The molecule has 0 aliphatic carbocycles. The molecule has 2 saturated heterocycles. The van der Waals surface area contributed by atoms with Gasteiger partial charge in [0, 0.05) is 11.6 Å². The summed E-state index contributed by atoms with van der Waals surface area (Å²) in [5.41, 5.74) is 0.446. The molecule has 0 saturated carbocycles. The van der Waals surface area contributed by atoms with Gasteiger partial charge in [0.2, 0.25) is 0 Å². The molecule has 0 radical (unpaired) electrons. The molecule has 0 aromatic rings. The van der Waals surface area contributed by atoms with E-state index in [0.717, 1.165) is 6.04 Å². The van der Waals surface area contributed by atoms with Crippen LogP contribution < -0.4 is 5.32 Å². The first-order valence-corrected chi connectivity index (χ1v) is 6.65. The minimum Gasteiger partial charge on any atom is -0.312 e. The van der Waals surface area contributed by atoms with E-state index in [0.29, 0.717) is 5.54 Å². The van der Waals surface area contributed by atoms with Crippen LogP contribution in [0.5, 0.6) is 0 Å². The Labute approximate surface area is 94.4 Å². The van der Waals surface area contributed by atoms with Crippen LogP contribution in [-0.2, 0) is 0 Å². The number of nitrogens with one attached hydrogen (secondary N) is 1. The van der Waals surface area contributed by atoms with Crippen LogP contribution in [0.25, 0.3) is 0 Å². The van der Waals surface area contributed by atoms with Crippen LogP contribution in [0.4, 0.5) is 0 Å². The van der Waals surface area contributed by atoms with Crippen LogP contribution in [0.1, 0.15) is 51.9 Å². The zero-order valence-electron chi connectivity index (χ0n) is 10.4. The van der Waals surface area contributed by atoms with E-state index in [4.69, 9.17) is 0 Å². The molecule has 15 heavy (non-hydrogen) atoms. The van der Waals surface area contributed by atoms with Gasteiger partial charge in [-0.25, -0.2) is 0 Å². The second kappa shape index (κ2) is 4.84. The topological polar surface area (TPSA) is 15.3 Å². The SMILES string of the molecule is CN1CCCC1CCC1(C)CCCCN1. The number of nitrogens with zero attached hydrogens (tertiary/aromatic N) is 1. The Hall–Kier alpha value is -0.0800. The van der Waals surface area contributed by atoms with E-state index in [1.54, 1.807) is 0 Å². The molecule has 2 nitrogen and oxygen atoms in total. The second-order valence-electron chi connectivity index (χ2n) is 5.76. The molecule has 2 aliphatic heterocycles. The third kappa shape index (κ3) is 2.94. The van der Waals surface area contributed by atoms with Crippen LogP contribution in [0.2, 0.25) is 0 Å². The monoisotopic (exact) mass is 210 g/mol. The number of hydrogen-bond acceptors (Lipinski definition) is 2. The molecule has 2 aliphatic rings. The number of rotatable bonds is 3. The third-order valence-electron chi connectivity index (χ3n) is 4.41. The minimum atomic E-state index is 0.446. The first-order chi connectivity index (χ1) is 7.20. The molecule has 0 aromatic carbocycles. The zero-order chi connectivity index (χ0) is 10.7. The van der Waals surface area contributed by atoms with Crippen molar-refractivity contribution in [3.8, 4) is 0 Å². The number of likely N-dealkylation sites (tertiary alicyclic amines) is 1. The fourth-order valence-corrected chi connectivity index (χ4v) is 3.16. The van der Waals surface area contributed by atoms with E-state index in [-0.39, 0.29) is 0 Å². The van der Waals surface area contributed by atoms with Gasteiger partial charge >= 0.3 is 0 Å². The molecule has 1 N–H and O–H groups in total. The Morgan fingerprint density at radius 2 is 2.20 bits per heavy atom. The molecular formula is C13H26N2. The summed E-state index contributed by atoms with van der Waals surface area (Å²) in [6.45, 7) is 4.97. The van der Waals surface area contributed by atoms with Crippen molar-refractivity contribution >= 4 is 0 Å². The summed E-state index contributed by atoms with van der Waals surface area (Å²) in [6.07, 6.45) is 9.76. The van der Waals surface area contributed by atoms with Crippen molar-refractivity contribution in [2.24, 2.45) is 0 Å². The molecule has 2 atom stereocenters. The lowest BCUT2D eigenvalue weighted by molar-refractivity contribution is 0.217. The van der Waals surface area contributed by atoms with Crippen molar-refractivity contribution in [3.05, 3.63) is 0 Å². The highest BCUT2D eigenvalue weighted by Crippen LogP contribution is 2.27. The lowest BCUT2D eigenvalue weighted by Crippen LogP contribution is -2.46. The van der Waals surface area contributed by atoms with Crippen molar-refractivity contribution in [2.45, 2.75) is 63.5 Å². The van der Waals surface area contributed by atoms with E-state index < -0.39 is 0 Å². The predicted molar refractivity (Wildman–Crippen MR) is 65.1 cm³/mol. The Morgan fingerprint density at radius 3 is 2.80 bits per heavy atom. The minimum absolute atomic E-state index is 0.446. The summed E-state index contributed by atoms with van der Waals surface area (Å²) in [6, 6.07) is 0.866. The molecule has 2 fully saturated rings. The van der Waals surface area contributed by atoms with Gasteiger partial charge in [-0.15, -0.1) is 0 Å². The van der Waals surface area contributed by atoms with E-state index in [1.165, 1.54) is 58.0 Å². The first-order valence-electron chi connectivity index (χ1n) is 6.65. The smallest absolute Gasteiger partial charge is 0.0153 e. The maximum Gasteiger partial charge on any atom is 0.0153 e. The molecule has 2 rings (SSSR count). The first kappa shape index (κ1) is 11.4. The van der Waals surface area contributed by atoms with Crippen LogP contribution in [0.15, 0.2) is 0 Å². The summed E-state index contributed by atoms with van der Waals surface area (Å²) in [4.78, 5) is 2.55. The van der Waals surface area contributed by atoms with Crippen LogP contribution in [0, 0.1) is 0 Å². The average molecular weight is 210 g/mol. The summed E-state index contributed by atoms with van der Waals surface area (Å²) < 4.78 is 0. The standard InChI is InChI=1S/C13H26N2/c1-13(8-3-4-10-14-13)9-7-12-6-5-11-15(12)2/h12,14H,3-11H2,1-2H3. The van der Waals surface area contributed by atoms with E-state index in [2.05, 4.69) is 24.2 Å². The van der Waals surface area contributed by atoms with E-state index >= 15 is 0 Å². The number of piperidine rings is 1. The van der Waals surface area contributed by atoms with Crippen molar-refractivity contribution in [2.75, 3.05) is 20.1 Å². The van der Waals surface area contributed by atoms with Gasteiger partial charge in [-0.05, 0) is 65.6 Å². The van der Waals surface area contributed by atoms with Gasteiger partial charge in [0.05, 0.1) is 0 Å². The molecular weight excluding hydrogens is 184 g/mol. The van der Waals surface area contributed by atoms with Crippen molar-refractivity contribution in [3.63, 3.8) is 0 Å². The van der Waals surface area contributed by atoms with Crippen molar-refractivity contribution < 1.29 is 0 Å². The maximum absolute atomic E-state index is 3.72. The predicted octanol–water partition coefficient (Wildman–Crippen LogP) is 2.39. The molecule has 0 bridgehead atoms. The zero-order valence-corrected chi connectivity index (χ0v) is 10.4. The van der Waals surface area contributed by atoms with Gasteiger partial charge in [-0.1, -0.05) is 6.42 Å². The van der Waals surface area contributed by atoms with Gasteiger partial charge in [-0.3, -0.25) is 0 Å². The maximum atomic E-state index is 3.72. The summed E-state index contributed by atoms with van der Waals surface area (Å²) in [7, 11) is 2.29. The molecule has 2 heterocycles. The van der Waals surface area contributed by atoms with Crippen molar-refractivity contribution in [1.29, 1.82) is 0 Å². The summed E-state index contributed by atoms with van der Waals surface area (Å²) in [5.74, 6) is 0. The quantitative estimate of drug-likeness (QED) is 0.769. The van der Waals surface area contributed by atoms with Gasteiger partial charge in [0.25, 0.3) is 0 Å². The molecule has 0 spiro atoms.